The van der Waals surface area contributed by atoms with Crippen LogP contribution in [0.25, 0.3) is 10.9 Å². The van der Waals surface area contributed by atoms with Crippen LogP contribution in [0.1, 0.15) is 24.0 Å². The minimum Gasteiger partial charge on any atom is -0.495 e. The van der Waals surface area contributed by atoms with Crippen molar-refractivity contribution >= 4 is 34.2 Å². The van der Waals surface area contributed by atoms with Gasteiger partial charge in [-0.2, -0.15) is 0 Å². The molecule has 220 valence electrons. The van der Waals surface area contributed by atoms with E-state index in [1.54, 1.807) is 12.0 Å². The molecule has 1 aliphatic rings. The SMILES string of the molecule is COc1ccc(CN(C)C)cc1NC(=O)[C@H](NC(=O)N1CCN(c2ccccc2)CC1)[C@@H](C)c1c[nH]c2ccccc12. The number of carbonyl (C=O) groups is 2. The number of para-hydroxylation sites is 2. The molecule has 3 N–H and O–H groups in total. The maximum absolute atomic E-state index is 14.0. The number of methoxy groups -OCH3 is 1. The molecule has 1 aromatic heterocycles. The Morgan fingerprint density at radius 1 is 0.976 bits per heavy atom. The molecule has 9 heteroatoms. The predicted molar refractivity (Wildman–Crippen MR) is 168 cm³/mol. The lowest BCUT2D eigenvalue weighted by Gasteiger charge is -2.37. The lowest BCUT2D eigenvalue weighted by Crippen LogP contribution is -2.56. The van der Waals surface area contributed by atoms with Gasteiger partial charge in [-0.15, -0.1) is 0 Å². The van der Waals surface area contributed by atoms with Crippen LogP contribution in [-0.2, 0) is 11.3 Å². The first-order chi connectivity index (χ1) is 20.3. The molecule has 0 aliphatic carbocycles. The van der Waals surface area contributed by atoms with Crippen LogP contribution in [0.2, 0.25) is 0 Å². The Kier molecular flexibility index (Phi) is 8.97. The Morgan fingerprint density at radius 2 is 1.69 bits per heavy atom. The zero-order valence-electron chi connectivity index (χ0n) is 24.8. The van der Waals surface area contributed by atoms with Crippen LogP contribution in [0.4, 0.5) is 16.2 Å². The lowest BCUT2D eigenvalue weighted by atomic mass is 9.92. The Hall–Kier alpha value is -4.50. The number of benzene rings is 3. The molecule has 0 saturated carbocycles. The minimum absolute atomic E-state index is 0.247. The summed E-state index contributed by atoms with van der Waals surface area (Å²) in [4.78, 5) is 37.1. The van der Waals surface area contributed by atoms with E-state index >= 15 is 0 Å². The van der Waals surface area contributed by atoms with Crippen molar-refractivity contribution in [3.63, 3.8) is 0 Å². The van der Waals surface area contributed by atoms with E-state index in [-0.39, 0.29) is 17.9 Å². The van der Waals surface area contributed by atoms with Crippen LogP contribution in [-0.4, -0.2) is 80.1 Å². The van der Waals surface area contributed by atoms with Crippen LogP contribution >= 0.6 is 0 Å². The van der Waals surface area contributed by atoms with Gasteiger partial charge in [-0.3, -0.25) is 4.79 Å². The maximum atomic E-state index is 14.0. The van der Waals surface area contributed by atoms with E-state index in [2.05, 4.69) is 37.6 Å². The number of piperazine rings is 1. The average molecular weight is 569 g/mol. The summed E-state index contributed by atoms with van der Waals surface area (Å²) < 4.78 is 5.57. The first-order valence-electron chi connectivity index (χ1n) is 14.4. The van der Waals surface area contributed by atoms with Gasteiger partial charge in [0.25, 0.3) is 0 Å². The number of hydrogen-bond acceptors (Lipinski definition) is 5. The highest BCUT2D eigenvalue weighted by Crippen LogP contribution is 2.31. The van der Waals surface area contributed by atoms with E-state index in [9.17, 15) is 9.59 Å². The number of urea groups is 1. The van der Waals surface area contributed by atoms with Crippen LogP contribution in [0.3, 0.4) is 0 Å². The topological polar surface area (TPSA) is 92.9 Å². The number of amides is 3. The minimum atomic E-state index is -0.828. The third kappa shape index (κ3) is 6.52. The quantitative estimate of drug-likeness (QED) is 0.268. The summed E-state index contributed by atoms with van der Waals surface area (Å²) >= 11 is 0. The summed E-state index contributed by atoms with van der Waals surface area (Å²) in [6, 6.07) is 22.9. The van der Waals surface area contributed by atoms with Crippen molar-refractivity contribution in [2.24, 2.45) is 0 Å². The summed E-state index contributed by atoms with van der Waals surface area (Å²) in [6.45, 7) is 5.28. The average Bonchev–Trinajstić information content (AvgIpc) is 3.44. The van der Waals surface area contributed by atoms with E-state index in [1.165, 1.54) is 0 Å². The highest BCUT2D eigenvalue weighted by molar-refractivity contribution is 5.99. The first kappa shape index (κ1) is 29.0. The summed E-state index contributed by atoms with van der Waals surface area (Å²) in [5.41, 5.74) is 4.71. The molecule has 5 rings (SSSR count). The fourth-order valence-corrected chi connectivity index (χ4v) is 5.63. The molecule has 0 spiro atoms. The van der Waals surface area contributed by atoms with E-state index in [0.29, 0.717) is 31.1 Å². The number of nitrogens with one attached hydrogen (secondary N) is 3. The molecule has 0 unspecified atom stereocenters. The molecule has 1 aliphatic heterocycles. The number of rotatable bonds is 9. The van der Waals surface area contributed by atoms with Crippen LogP contribution in [0.15, 0.2) is 79.0 Å². The second-order valence-corrected chi connectivity index (χ2v) is 11.1. The normalized spacial score (nSPS) is 15.0. The number of carbonyl (C=O) groups excluding carboxylic acids is 2. The lowest BCUT2D eigenvalue weighted by molar-refractivity contribution is -0.118. The molecular formula is C33H40N6O3. The number of ether oxygens (including phenoxy) is 1. The van der Waals surface area contributed by atoms with Crippen LogP contribution in [0, 0.1) is 0 Å². The van der Waals surface area contributed by atoms with Gasteiger partial charge in [0, 0.05) is 61.4 Å². The van der Waals surface area contributed by atoms with Crippen LogP contribution < -0.4 is 20.3 Å². The summed E-state index contributed by atoms with van der Waals surface area (Å²) in [5.74, 6) is -0.0521. The summed E-state index contributed by atoms with van der Waals surface area (Å²) in [6.07, 6.45) is 1.93. The third-order valence-electron chi connectivity index (χ3n) is 7.88. The standard InChI is InChI=1S/C33H40N6O3/c1-23(27-21-34-28-13-9-8-12-26(27)28)31(32(40)35-29-20-24(22-37(2)3)14-15-30(29)42-4)36-33(41)39-18-16-38(17-19-39)25-10-6-5-7-11-25/h5-15,20-21,23,31,34H,16-19,22H2,1-4H3,(H,35,40)(H,36,41)/t23-,31+/m0/s1. The fourth-order valence-electron chi connectivity index (χ4n) is 5.63. The molecule has 1 saturated heterocycles. The summed E-state index contributed by atoms with van der Waals surface area (Å²) in [7, 11) is 5.58. The second-order valence-electron chi connectivity index (χ2n) is 11.1. The monoisotopic (exact) mass is 568 g/mol. The van der Waals surface area contributed by atoms with Crippen molar-refractivity contribution < 1.29 is 14.3 Å². The Balaban J connectivity index is 1.37. The number of nitrogens with zero attached hydrogens (tertiary/aromatic N) is 3. The predicted octanol–water partition coefficient (Wildman–Crippen LogP) is 4.88. The van der Waals surface area contributed by atoms with Gasteiger partial charge in [-0.05, 0) is 55.6 Å². The van der Waals surface area contributed by atoms with Gasteiger partial charge in [0.15, 0.2) is 0 Å². The van der Waals surface area contributed by atoms with Crippen molar-refractivity contribution in [3.05, 3.63) is 90.1 Å². The largest absolute Gasteiger partial charge is 0.495 e. The van der Waals surface area contributed by atoms with E-state index < -0.39 is 6.04 Å². The van der Waals surface area contributed by atoms with Gasteiger partial charge in [0.2, 0.25) is 5.91 Å². The molecular weight excluding hydrogens is 528 g/mol. The van der Waals surface area contributed by atoms with E-state index in [4.69, 9.17) is 4.74 Å². The third-order valence-corrected chi connectivity index (χ3v) is 7.88. The molecule has 1 fully saturated rings. The zero-order chi connectivity index (χ0) is 29.6. The highest BCUT2D eigenvalue weighted by atomic mass is 16.5. The molecule has 3 aromatic carbocycles. The second kappa shape index (κ2) is 13.0. The smallest absolute Gasteiger partial charge is 0.318 e. The number of aromatic nitrogens is 1. The Labute approximate surface area is 247 Å². The van der Waals surface area contributed by atoms with Gasteiger partial charge < -0.3 is 35.1 Å². The van der Waals surface area contributed by atoms with Gasteiger partial charge in [-0.25, -0.2) is 4.79 Å². The number of aromatic amines is 1. The maximum Gasteiger partial charge on any atom is 0.318 e. The molecule has 42 heavy (non-hydrogen) atoms. The van der Waals surface area contributed by atoms with Crippen molar-refractivity contribution in [1.29, 1.82) is 0 Å². The number of anilines is 2. The number of fused-ring (bicyclic) bond motifs is 1. The fraction of sp³-hybridized carbons (Fsp3) is 0.333. The van der Waals surface area contributed by atoms with Crippen molar-refractivity contribution in [3.8, 4) is 5.75 Å². The Morgan fingerprint density at radius 3 is 2.40 bits per heavy atom. The number of H-pyrrole nitrogens is 1. The van der Waals surface area contributed by atoms with Crippen LogP contribution in [0.5, 0.6) is 5.75 Å². The first-order valence-corrected chi connectivity index (χ1v) is 14.4. The van der Waals surface area contributed by atoms with Gasteiger partial charge >= 0.3 is 6.03 Å². The number of hydrogen-bond donors (Lipinski definition) is 3. The van der Waals surface area contributed by atoms with Crippen molar-refractivity contribution in [1.82, 2.24) is 20.1 Å². The van der Waals surface area contributed by atoms with Crippen molar-refractivity contribution in [2.75, 3.05) is 57.6 Å². The molecule has 4 aromatic rings. The zero-order valence-corrected chi connectivity index (χ0v) is 24.8. The molecule has 3 amide bonds. The van der Waals surface area contributed by atoms with Gasteiger partial charge in [0.05, 0.1) is 12.8 Å². The molecule has 9 nitrogen and oxygen atoms in total. The van der Waals surface area contributed by atoms with Crippen molar-refractivity contribution in [2.45, 2.75) is 25.4 Å². The highest BCUT2D eigenvalue weighted by Gasteiger charge is 2.32. The summed E-state index contributed by atoms with van der Waals surface area (Å²) in [5, 5.41) is 7.19. The Bertz CT molecular complexity index is 1510. The molecule has 2 atom stereocenters. The molecule has 0 bridgehead atoms. The van der Waals surface area contributed by atoms with E-state index in [1.807, 2.05) is 87.9 Å². The van der Waals surface area contributed by atoms with Gasteiger partial charge in [0.1, 0.15) is 11.8 Å². The van der Waals surface area contributed by atoms with E-state index in [0.717, 1.165) is 40.8 Å². The molecule has 0 radical (unpaired) electrons. The molecule has 2 heterocycles. The van der Waals surface area contributed by atoms with Gasteiger partial charge in [-0.1, -0.05) is 49.4 Å².